The molecule has 2 rings (SSSR count). The van der Waals surface area contributed by atoms with Crippen molar-refractivity contribution in [1.29, 1.82) is 0 Å². The van der Waals surface area contributed by atoms with Gasteiger partial charge in [-0.25, -0.2) is 13.6 Å². The second-order valence-corrected chi connectivity index (χ2v) is 6.41. The minimum atomic E-state index is -3.86. The van der Waals surface area contributed by atoms with Crippen LogP contribution < -0.4 is 9.88 Å². The van der Waals surface area contributed by atoms with E-state index in [1.807, 2.05) is 30.3 Å². The maximum Gasteiger partial charge on any atom is 0.238 e. The quantitative estimate of drug-likeness (QED) is 0.935. The molecule has 20 heavy (non-hydrogen) atoms. The van der Waals surface area contributed by atoms with Gasteiger partial charge in [0.2, 0.25) is 10.0 Å². The summed E-state index contributed by atoms with van der Waals surface area (Å²) >= 11 is 12.0. The molecule has 106 valence electrons. The zero-order valence-corrected chi connectivity index (χ0v) is 12.5. The van der Waals surface area contributed by atoms with E-state index in [1.165, 1.54) is 12.1 Å². The number of halogens is 2. The lowest BCUT2D eigenvalue weighted by Gasteiger charge is -2.11. The van der Waals surface area contributed by atoms with Crippen LogP contribution in [0.5, 0.6) is 5.75 Å². The van der Waals surface area contributed by atoms with Gasteiger partial charge in [-0.15, -0.1) is 0 Å². The van der Waals surface area contributed by atoms with Crippen molar-refractivity contribution in [2.45, 2.75) is 11.5 Å². The summed E-state index contributed by atoms with van der Waals surface area (Å²) in [4.78, 5) is -0.153. The smallest absolute Gasteiger partial charge is 0.238 e. The van der Waals surface area contributed by atoms with E-state index in [0.717, 1.165) is 5.56 Å². The lowest BCUT2D eigenvalue weighted by molar-refractivity contribution is 0.306. The van der Waals surface area contributed by atoms with Gasteiger partial charge in [-0.1, -0.05) is 53.5 Å². The highest BCUT2D eigenvalue weighted by molar-refractivity contribution is 7.89. The predicted molar refractivity (Wildman–Crippen MR) is 78.6 cm³/mol. The number of ether oxygens (including phenoxy) is 1. The molecule has 0 aliphatic rings. The first-order chi connectivity index (χ1) is 9.38. The van der Waals surface area contributed by atoms with Gasteiger partial charge in [0, 0.05) is 0 Å². The number of rotatable bonds is 4. The number of sulfonamides is 1. The number of benzene rings is 2. The molecule has 0 atom stereocenters. The molecule has 0 spiro atoms. The molecule has 2 N–H and O–H groups in total. The molecule has 0 amide bonds. The van der Waals surface area contributed by atoms with Crippen LogP contribution in [-0.4, -0.2) is 8.42 Å². The standard InChI is InChI=1S/C13H11Cl2NO3S/c14-11-6-10(20(16,17)18)7-12(15)13(11)19-8-9-4-2-1-3-5-9/h1-7H,8H2,(H2,16,17,18). The van der Waals surface area contributed by atoms with E-state index in [9.17, 15) is 8.42 Å². The van der Waals surface area contributed by atoms with Crippen molar-refractivity contribution in [3.8, 4) is 5.75 Å². The zero-order valence-electron chi connectivity index (χ0n) is 10.2. The summed E-state index contributed by atoms with van der Waals surface area (Å²) in [7, 11) is -3.86. The molecule has 7 heteroatoms. The van der Waals surface area contributed by atoms with Crippen molar-refractivity contribution < 1.29 is 13.2 Å². The van der Waals surface area contributed by atoms with Crippen molar-refractivity contribution >= 4 is 33.2 Å². The van der Waals surface area contributed by atoms with Gasteiger partial charge in [0.15, 0.2) is 5.75 Å². The van der Waals surface area contributed by atoms with Gasteiger partial charge in [0.1, 0.15) is 6.61 Å². The molecular formula is C13H11Cl2NO3S. The molecule has 2 aromatic carbocycles. The third-order valence-corrected chi connectivity index (χ3v) is 3.98. The largest absolute Gasteiger partial charge is 0.486 e. The monoisotopic (exact) mass is 331 g/mol. The SMILES string of the molecule is NS(=O)(=O)c1cc(Cl)c(OCc2ccccc2)c(Cl)c1. The van der Waals surface area contributed by atoms with Crippen LogP contribution in [0.25, 0.3) is 0 Å². The second kappa shape index (κ2) is 6.01. The normalized spacial score (nSPS) is 11.3. The van der Waals surface area contributed by atoms with E-state index in [-0.39, 0.29) is 27.3 Å². The summed E-state index contributed by atoms with van der Waals surface area (Å²) in [5.41, 5.74) is 0.940. The highest BCUT2D eigenvalue weighted by Crippen LogP contribution is 2.35. The van der Waals surface area contributed by atoms with Crippen molar-refractivity contribution in [3.63, 3.8) is 0 Å². The summed E-state index contributed by atoms with van der Waals surface area (Å²) in [5, 5.41) is 5.21. The summed E-state index contributed by atoms with van der Waals surface area (Å²) in [6.45, 7) is 0.273. The Labute approximate surface area is 127 Å². The van der Waals surface area contributed by atoms with E-state index in [4.69, 9.17) is 33.1 Å². The average Bonchev–Trinajstić information content (AvgIpc) is 2.37. The Balaban J connectivity index is 2.25. The number of primary sulfonamides is 1. The lowest BCUT2D eigenvalue weighted by Crippen LogP contribution is -2.12. The van der Waals surface area contributed by atoms with Gasteiger partial charge in [-0.2, -0.15) is 0 Å². The van der Waals surface area contributed by atoms with Crippen molar-refractivity contribution in [3.05, 3.63) is 58.1 Å². The highest BCUT2D eigenvalue weighted by Gasteiger charge is 2.15. The van der Waals surface area contributed by atoms with E-state index in [2.05, 4.69) is 0 Å². The van der Waals surface area contributed by atoms with Crippen LogP contribution in [0.1, 0.15) is 5.56 Å². The highest BCUT2D eigenvalue weighted by atomic mass is 35.5. The summed E-state index contributed by atoms with van der Waals surface area (Å²) in [5.74, 6) is 0.226. The van der Waals surface area contributed by atoms with Gasteiger partial charge in [-0.3, -0.25) is 0 Å². The maximum absolute atomic E-state index is 11.2. The first-order valence-corrected chi connectivity index (χ1v) is 7.87. The van der Waals surface area contributed by atoms with Crippen LogP contribution in [0.4, 0.5) is 0 Å². The predicted octanol–water partition coefficient (Wildman–Crippen LogP) is 3.22. The Morgan fingerprint density at radius 1 is 1.05 bits per heavy atom. The topological polar surface area (TPSA) is 69.4 Å². The van der Waals surface area contributed by atoms with Crippen molar-refractivity contribution in [2.24, 2.45) is 5.14 Å². The zero-order chi connectivity index (χ0) is 14.8. The number of hydrogen-bond acceptors (Lipinski definition) is 3. The first-order valence-electron chi connectivity index (χ1n) is 5.56. The average molecular weight is 332 g/mol. The van der Waals surface area contributed by atoms with Crippen LogP contribution in [-0.2, 0) is 16.6 Å². The Hall–Kier alpha value is -1.27. The fourth-order valence-corrected chi connectivity index (χ4v) is 2.86. The molecule has 0 aromatic heterocycles. The minimum Gasteiger partial charge on any atom is -0.486 e. The molecular weight excluding hydrogens is 321 g/mol. The van der Waals surface area contributed by atoms with Crippen LogP contribution in [0.3, 0.4) is 0 Å². The van der Waals surface area contributed by atoms with E-state index >= 15 is 0 Å². The van der Waals surface area contributed by atoms with Gasteiger partial charge in [0.25, 0.3) is 0 Å². The van der Waals surface area contributed by atoms with Crippen LogP contribution in [0.15, 0.2) is 47.4 Å². The third kappa shape index (κ3) is 3.64. The van der Waals surface area contributed by atoms with Crippen LogP contribution in [0.2, 0.25) is 10.0 Å². The Morgan fingerprint density at radius 2 is 1.60 bits per heavy atom. The summed E-state index contributed by atoms with van der Waals surface area (Å²) in [6, 6.07) is 11.9. The summed E-state index contributed by atoms with van der Waals surface area (Å²) in [6.07, 6.45) is 0. The molecule has 0 bridgehead atoms. The van der Waals surface area contributed by atoms with Crippen LogP contribution >= 0.6 is 23.2 Å². The van der Waals surface area contributed by atoms with E-state index in [0.29, 0.717) is 0 Å². The molecule has 2 aromatic rings. The van der Waals surface area contributed by atoms with Gasteiger partial charge < -0.3 is 4.74 Å². The van der Waals surface area contributed by atoms with E-state index in [1.54, 1.807) is 0 Å². The molecule has 0 heterocycles. The van der Waals surface area contributed by atoms with Crippen molar-refractivity contribution in [1.82, 2.24) is 0 Å². The Morgan fingerprint density at radius 3 is 2.10 bits per heavy atom. The molecule has 4 nitrogen and oxygen atoms in total. The fourth-order valence-electron chi connectivity index (χ4n) is 1.57. The molecule has 0 saturated heterocycles. The van der Waals surface area contributed by atoms with Gasteiger partial charge in [-0.05, 0) is 17.7 Å². The number of nitrogens with two attached hydrogens (primary N) is 1. The molecule has 0 aliphatic heterocycles. The second-order valence-electron chi connectivity index (χ2n) is 4.04. The molecule has 0 radical (unpaired) electrons. The fraction of sp³-hybridized carbons (Fsp3) is 0.0769. The van der Waals surface area contributed by atoms with Crippen LogP contribution in [0, 0.1) is 0 Å². The lowest BCUT2D eigenvalue weighted by atomic mass is 10.2. The molecule has 0 saturated carbocycles. The van der Waals surface area contributed by atoms with Gasteiger partial charge >= 0.3 is 0 Å². The molecule has 0 aliphatic carbocycles. The third-order valence-electron chi connectivity index (χ3n) is 2.53. The Bertz CT molecular complexity index is 695. The van der Waals surface area contributed by atoms with Gasteiger partial charge in [0.05, 0.1) is 14.9 Å². The van der Waals surface area contributed by atoms with E-state index < -0.39 is 10.0 Å². The first kappa shape index (κ1) is 15.1. The minimum absolute atomic E-state index is 0.0949. The molecule has 0 fully saturated rings. The molecule has 0 unspecified atom stereocenters. The maximum atomic E-state index is 11.2. The number of hydrogen-bond donors (Lipinski definition) is 1. The van der Waals surface area contributed by atoms with Crippen molar-refractivity contribution in [2.75, 3.05) is 0 Å². The summed E-state index contributed by atoms with van der Waals surface area (Å²) < 4.78 is 28.0. The Kier molecular flexibility index (Phi) is 4.55.